The van der Waals surface area contributed by atoms with Crippen LogP contribution in [-0.2, 0) is 9.47 Å². The molecule has 8 rings (SSSR count). The SMILES string of the molecule is CC(C)(C)OC(=O)N1C2C[C@@H]2C[C@H]1C1NC(F)=C(c2ccc(-c3ccc(-c4nc([C@@H]5CC6C[C@H]6N5C(=O)OC(C)(C)C)[nH]c4F)cc3)cc2)N1. The first-order valence-electron chi connectivity index (χ1n) is 17.6. The van der Waals surface area contributed by atoms with Crippen LogP contribution in [0.2, 0.25) is 0 Å². The number of aromatic amines is 1. The van der Waals surface area contributed by atoms with Crippen molar-refractivity contribution in [2.24, 2.45) is 11.8 Å². The molecule has 4 fully saturated rings. The zero-order valence-electron chi connectivity index (χ0n) is 29.2. The molecule has 0 radical (unpaired) electrons. The Hall–Kier alpha value is -4.61. The number of aromatic nitrogens is 2. The summed E-state index contributed by atoms with van der Waals surface area (Å²) in [4.78, 5) is 37.0. The summed E-state index contributed by atoms with van der Waals surface area (Å²) in [5.74, 6) is 0.235. The van der Waals surface area contributed by atoms with Gasteiger partial charge in [-0.2, -0.15) is 8.78 Å². The van der Waals surface area contributed by atoms with E-state index in [0.717, 1.165) is 36.8 Å². The van der Waals surface area contributed by atoms with Crippen molar-refractivity contribution in [3.8, 4) is 22.4 Å². The number of piperidine rings is 2. The molecule has 3 unspecified atom stereocenters. The number of hydrogen-bond donors (Lipinski definition) is 3. The second-order valence-corrected chi connectivity index (χ2v) is 16.4. The lowest BCUT2D eigenvalue weighted by Gasteiger charge is -2.34. The molecule has 7 atom stereocenters. The van der Waals surface area contributed by atoms with Gasteiger partial charge in [-0.3, -0.25) is 9.80 Å². The van der Waals surface area contributed by atoms with Crippen molar-refractivity contribution in [1.82, 2.24) is 30.4 Å². The van der Waals surface area contributed by atoms with E-state index >= 15 is 8.78 Å². The molecule has 3 aliphatic heterocycles. The highest BCUT2D eigenvalue weighted by atomic mass is 19.1. The molecule has 12 heteroatoms. The number of fused-ring (bicyclic) bond motifs is 2. The van der Waals surface area contributed by atoms with E-state index in [2.05, 4.69) is 20.6 Å². The first-order valence-corrected chi connectivity index (χ1v) is 17.6. The first-order chi connectivity index (χ1) is 23.6. The predicted molar refractivity (Wildman–Crippen MR) is 183 cm³/mol. The number of H-pyrrole nitrogens is 1. The minimum absolute atomic E-state index is 0.111. The smallest absolute Gasteiger partial charge is 0.411 e. The van der Waals surface area contributed by atoms with Crippen LogP contribution >= 0.6 is 0 Å². The average Bonchev–Trinajstić information content (AvgIpc) is 3.73. The Morgan fingerprint density at radius 2 is 1.20 bits per heavy atom. The van der Waals surface area contributed by atoms with E-state index in [1.54, 1.807) is 9.80 Å². The third-order valence-electron chi connectivity index (χ3n) is 10.3. The van der Waals surface area contributed by atoms with Crippen LogP contribution in [0.3, 0.4) is 0 Å². The molecule has 10 nitrogen and oxygen atoms in total. The standard InChI is InChI=1S/C38H44F2N6O4/c1-37(2,3)49-35(47)45-25-15-23(25)17-27(45)33-41-29(31(39)43-33)21-11-7-19(8-12-21)20-9-13-22(14-10-20)30-32(40)44-34(42-30)28-18-24-16-26(24)46(28)36(48)50-38(4,5)6/h7-14,23-28,33,41,43H,15-18H2,1-6H3,(H,42,44)/t23-,24?,25?,26-,27+,28+,33?/m1/s1. The molecule has 2 aromatic carbocycles. The number of imidazole rings is 1. The molecule has 3 N–H and O–H groups in total. The molecular weight excluding hydrogens is 642 g/mol. The van der Waals surface area contributed by atoms with Gasteiger partial charge in [0, 0.05) is 23.2 Å². The number of carbonyl (C=O) groups is 2. The summed E-state index contributed by atoms with van der Waals surface area (Å²) in [5, 5.41) is 6.23. The van der Waals surface area contributed by atoms with Crippen molar-refractivity contribution in [3.63, 3.8) is 0 Å². The maximum absolute atomic E-state index is 15.3. The van der Waals surface area contributed by atoms with Crippen molar-refractivity contribution in [3.05, 3.63) is 71.8 Å². The highest BCUT2D eigenvalue weighted by Crippen LogP contribution is 2.54. The zero-order chi connectivity index (χ0) is 35.3. The summed E-state index contributed by atoms with van der Waals surface area (Å²) in [7, 11) is 0. The number of benzene rings is 2. The highest BCUT2D eigenvalue weighted by Gasteiger charge is 2.58. The van der Waals surface area contributed by atoms with Gasteiger partial charge in [0.15, 0.2) is 0 Å². The fourth-order valence-electron chi connectivity index (χ4n) is 7.89. The number of hydrogen-bond acceptors (Lipinski definition) is 7. The second kappa shape index (κ2) is 11.5. The van der Waals surface area contributed by atoms with E-state index in [-0.39, 0.29) is 36.0 Å². The van der Waals surface area contributed by atoms with Gasteiger partial charge in [0.05, 0.1) is 17.8 Å². The number of amides is 2. The molecule has 2 aliphatic carbocycles. The molecule has 50 heavy (non-hydrogen) atoms. The molecule has 3 aromatic rings. The molecule has 1 aromatic heterocycles. The summed E-state index contributed by atoms with van der Waals surface area (Å²) < 4.78 is 41.9. The van der Waals surface area contributed by atoms with Crippen LogP contribution in [0.5, 0.6) is 0 Å². The van der Waals surface area contributed by atoms with Gasteiger partial charge in [0.1, 0.15) is 28.9 Å². The normalized spacial score (nSPS) is 28.2. The Morgan fingerprint density at radius 1 is 0.700 bits per heavy atom. The third-order valence-corrected chi connectivity index (χ3v) is 10.3. The molecule has 2 amide bonds. The number of nitrogens with one attached hydrogen (secondary N) is 3. The van der Waals surface area contributed by atoms with Gasteiger partial charge in [-0.25, -0.2) is 14.6 Å². The topological polar surface area (TPSA) is 112 Å². The van der Waals surface area contributed by atoms with Crippen LogP contribution in [0.4, 0.5) is 18.4 Å². The molecule has 5 aliphatic rings. The molecule has 4 heterocycles. The molecule has 0 spiro atoms. The van der Waals surface area contributed by atoms with Crippen molar-refractivity contribution in [2.75, 3.05) is 0 Å². The van der Waals surface area contributed by atoms with Crippen LogP contribution in [0.1, 0.15) is 84.7 Å². The molecular formula is C38H44F2N6O4. The van der Waals surface area contributed by atoms with Crippen LogP contribution in [0.25, 0.3) is 28.1 Å². The van der Waals surface area contributed by atoms with Gasteiger partial charge in [0.25, 0.3) is 0 Å². The van der Waals surface area contributed by atoms with Gasteiger partial charge in [-0.05, 0) is 90.2 Å². The van der Waals surface area contributed by atoms with E-state index in [9.17, 15) is 9.59 Å². The lowest BCUT2D eigenvalue weighted by molar-refractivity contribution is 0.0143. The monoisotopic (exact) mass is 686 g/mol. The van der Waals surface area contributed by atoms with Gasteiger partial charge in [-0.1, -0.05) is 48.5 Å². The van der Waals surface area contributed by atoms with Gasteiger partial charge in [-0.15, -0.1) is 0 Å². The highest BCUT2D eigenvalue weighted by molar-refractivity contribution is 5.75. The van der Waals surface area contributed by atoms with E-state index < -0.39 is 35.4 Å². The Labute approximate surface area is 290 Å². The average molecular weight is 687 g/mol. The van der Waals surface area contributed by atoms with Crippen LogP contribution < -0.4 is 10.6 Å². The summed E-state index contributed by atoms with van der Waals surface area (Å²) in [5.41, 5.74) is 2.44. The zero-order valence-corrected chi connectivity index (χ0v) is 29.2. The Bertz CT molecular complexity index is 1860. The van der Waals surface area contributed by atoms with Gasteiger partial charge in [0.2, 0.25) is 11.9 Å². The quantitative estimate of drug-likeness (QED) is 0.239. The Kier molecular flexibility index (Phi) is 7.47. The minimum Gasteiger partial charge on any atom is -0.444 e. The summed E-state index contributed by atoms with van der Waals surface area (Å²) in [6, 6.07) is 14.7. The van der Waals surface area contributed by atoms with E-state index in [0.29, 0.717) is 34.5 Å². The Balaban J connectivity index is 0.936. The van der Waals surface area contributed by atoms with E-state index in [4.69, 9.17) is 9.47 Å². The van der Waals surface area contributed by atoms with Crippen molar-refractivity contribution >= 4 is 17.9 Å². The van der Waals surface area contributed by atoms with Crippen molar-refractivity contribution < 1.29 is 27.8 Å². The Morgan fingerprint density at radius 3 is 1.80 bits per heavy atom. The third kappa shape index (κ3) is 6.06. The van der Waals surface area contributed by atoms with Crippen molar-refractivity contribution in [1.29, 1.82) is 0 Å². The number of nitrogens with zero attached hydrogens (tertiary/aromatic N) is 3. The van der Waals surface area contributed by atoms with Crippen LogP contribution in [0, 0.1) is 17.8 Å². The number of ether oxygens (including phenoxy) is 2. The molecule has 264 valence electrons. The van der Waals surface area contributed by atoms with Gasteiger partial charge >= 0.3 is 12.2 Å². The lowest BCUT2D eigenvalue weighted by atomic mass is 10.0. The van der Waals surface area contributed by atoms with E-state index in [1.807, 2.05) is 90.1 Å². The fraction of sp³-hybridized carbons (Fsp3) is 0.500. The van der Waals surface area contributed by atoms with Gasteiger partial charge < -0.3 is 25.1 Å². The number of halogens is 2. The fourth-order valence-corrected chi connectivity index (χ4v) is 7.89. The molecule has 0 bridgehead atoms. The molecule has 2 saturated carbocycles. The van der Waals surface area contributed by atoms with Crippen LogP contribution in [0.15, 0.2) is 54.5 Å². The largest absolute Gasteiger partial charge is 0.444 e. The first kappa shape index (κ1) is 32.6. The number of rotatable bonds is 5. The summed E-state index contributed by atoms with van der Waals surface area (Å²) in [6.45, 7) is 11.0. The minimum atomic E-state index is -0.625. The maximum atomic E-state index is 15.3. The molecule has 2 saturated heterocycles. The lowest BCUT2D eigenvalue weighted by Crippen LogP contribution is -2.54. The summed E-state index contributed by atoms with van der Waals surface area (Å²) in [6.07, 6.45) is 2.20. The van der Waals surface area contributed by atoms with E-state index in [1.165, 1.54) is 0 Å². The number of carbonyl (C=O) groups excluding carboxylic acids is 2. The number of likely N-dealkylation sites (tertiary alicyclic amines) is 2. The maximum Gasteiger partial charge on any atom is 0.411 e. The summed E-state index contributed by atoms with van der Waals surface area (Å²) >= 11 is 0. The van der Waals surface area contributed by atoms with Crippen molar-refractivity contribution in [2.45, 2.75) is 109 Å². The predicted octanol–water partition coefficient (Wildman–Crippen LogP) is 7.47. The second-order valence-electron chi connectivity index (χ2n) is 16.4. The van der Waals surface area contributed by atoms with Crippen LogP contribution in [-0.4, -0.2) is 67.4 Å².